The second-order valence-electron chi connectivity index (χ2n) is 9.33. The van der Waals surface area contributed by atoms with Crippen LogP contribution in [-0.2, 0) is 28.1 Å². The highest BCUT2D eigenvalue weighted by molar-refractivity contribution is 7.51. The minimum absolute atomic E-state index is 0.229. The van der Waals surface area contributed by atoms with Gasteiger partial charge >= 0.3 is 19.4 Å². The lowest BCUT2D eigenvalue weighted by Crippen LogP contribution is -2.48. The second-order valence-corrected chi connectivity index (χ2v) is 11.3. The fourth-order valence-corrected chi connectivity index (χ4v) is 5.63. The van der Waals surface area contributed by atoms with Crippen molar-refractivity contribution in [2.75, 3.05) is 20.8 Å². The number of ether oxygens (including phenoxy) is 3. The lowest BCUT2D eigenvalue weighted by Gasteiger charge is -2.32. The molecule has 1 aliphatic rings. The van der Waals surface area contributed by atoms with Crippen LogP contribution in [0.1, 0.15) is 33.9 Å². The Hall–Kier alpha value is -2.80. The average molecular weight is 556 g/mol. The Morgan fingerprint density at radius 3 is 2.47 bits per heavy atom. The number of carbonyl (C=O) groups excluding carboxylic acids is 1. The second kappa shape index (κ2) is 11.9. The summed E-state index contributed by atoms with van der Waals surface area (Å²) in [5.41, 5.74) is -3.16. The van der Waals surface area contributed by atoms with Crippen molar-refractivity contribution in [3.05, 3.63) is 63.4 Å². The van der Waals surface area contributed by atoms with E-state index in [0.717, 1.165) is 15.3 Å². The Kier molecular flexibility index (Phi) is 9.34. The van der Waals surface area contributed by atoms with Gasteiger partial charge in [0, 0.05) is 19.4 Å². The van der Waals surface area contributed by atoms with Crippen molar-refractivity contribution in [2.45, 2.75) is 63.9 Å². The summed E-state index contributed by atoms with van der Waals surface area (Å²) < 4.78 is 44.5. The maximum atomic E-state index is 14.1. The quantitative estimate of drug-likeness (QED) is 0.307. The molecule has 0 spiro atoms. The summed E-state index contributed by atoms with van der Waals surface area (Å²) in [5.74, 6) is -0.400. The smallest absolute Gasteiger partial charge is 0.461 e. The average Bonchev–Trinajstić information content (AvgIpc) is 3.11. The van der Waals surface area contributed by atoms with Crippen molar-refractivity contribution in [2.24, 2.45) is 0 Å². The van der Waals surface area contributed by atoms with Gasteiger partial charge in [0.15, 0.2) is 6.23 Å². The molecule has 14 heteroatoms. The third-order valence-electron chi connectivity index (χ3n) is 6.08. The van der Waals surface area contributed by atoms with Gasteiger partial charge in [-0.05, 0) is 46.9 Å². The van der Waals surface area contributed by atoms with Crippen LogP contribution in [0.15, 0.2) is 52.2 Å². The zero-order valence-corrected chi connectivity index (χ0v) is 23.0. The van der Waals surface area contributed by atoms with E-state index >= 15 is 0 Å². The molecule has 13 nitrogen and oxygen atoms in total. The SMILES string of the molecule is CO[C@@H]1[C@@H](CO[P@](=O)(Oc2ccccc2)N(C)[C@@H](C)C(=O)OC(C)C)O[C@@H](n2ccc(=O)[nH]c2=O)[C@@]1(C)O. The number of aromatic nitrogens is 2. The first-order valence-corrected chi connectivity index (χ1v) is 13.4. The fraction of sp³-hybridized carbons (Fsp3) is 0.542. The van der Waals surface area contributed by atoms with E-state index in [1.165, 1.54) is 34.2 Å². The summed E-state index contributed by atoms with van der Waals surface area (Å²) in [6.07, 6.45) is -2.53. The first kappa shape index (κ1) is 29.8. The highest BCUT2D eigenvalue weighted by atomic mass is 31.2. The Balaban J connectivity index is 1.88. The number of H-pyrrole nitrogens is 1. The van der Waals surface area contributed by atoms with Crippen LogP contribution in [0, 0.1) is 0 Å². The number of hydrogen-bond donors (Lipinski definition) is 2. The topological polar surface area (TPSA) is 159 Å². The molecule has 1 aliphatic heterocycles. The van der Waals surface area contributed by atoms with Crippen LogP contribution in [0.5, 0.6) is 5.75 Å². The van der Waals surface area contributed by atoms with E-state index in [1.54, 1.807) is 44.2 Å². The van der Waals surface area contributed by atoms with E-state index in [-0.39, 0.29) is 5.75 Å². The van der Waals surface area contributed by atoms with Crippen molar-refractivity contribution in [3.63, 3.8) is 0 Å². The first-order valence-electron chi connectivity index (χ1n) is 11.9. The Bertz CT molecular complexity index is 1260. The largest absolute Gasteiger partial charge is 0.462 e. The van der Waals surface area contributed by atoms with Crippen molar-refractivity contribution in [1.29, 1.82) is 0 Å². The van der Waals surface area contributed by atoms with E-state index in [4.69, 9.17) is 23.3 Å². The predicted molar refractivity (Wildman–Crippen MR) is 136 cm³/mol. The van der Waals surface area contributed by atoms with Crippen molar-refractivity contribution in [1.82, 2.24) is 14.2 Å². The number of para-hydroxylation sites is 1. The number of rotatable bonds is 11. The van der Waals surface area contributed by atoms with Crippen LogP contribution in [0.3, 0.4) is 0 Å². The van der Waals surface area contributed by atoms with Crippen LogP contribution in [0.2, 0.25) is 0 Å². The molecule has 1 fully saturated rings. The van der Waals surface area contributed by atoms with Gasteiger partial charge in [-0.2, -0.15) is 4.67 Å². The lowest BCUT2D eigenvalue weighted by atomic mass is 9.96. The molecule has 0 saturated carbocycles. The molecule has 2 N–H and O–H groups in total. The van der Waals surface area contributed by atoms with Gasteiger partial charge in [0.2, 0.25) is 0 Å². The molecule has 2 heterocycles. The minimum Gasteiger partial charge on any atom is -0.462 e. The molecule has 1 aromatic heterocycles. The highest BCUT2D eigenvalue weighted by Crippen LogP contribution is 2.53. The molecular formula is C24H34N3O10P. The molecule has 0 unspecified atom stereocenters. The highest BCUT2D eigenvalue weighted by Gasteiger charge is 2.55. The Morgan fingerprint density at radius 2 is 1.89 bits per heavy atom. The van der Waals surface area contributed by atoms with E-state index < -0.39 is 67.8 Å². The zero-order valence-electron chi connectivity index (χ0n) is 22.1. The molecule has 1 saturated heterocycles. The van der Waals surface area contributed by atoms with Gasteiger partial charge in [-0.15, -0.1) is 0 Å². The van der Waals surface area contributed by atoms with E-state index in [9.17, 15) is 24.1 Å². The molecular weight excluding hydrogens is 521 g/mol. The van der Waals surface area contributed by atoms with Crippen LogP contribution in [0.25, 0.3) is 0 Å². The number of methoxy groups -OCH3 is 1. The lowest BCUT2D eigenvalue weighted by molar-refractivity contribution is -0.151. The van der Waals surface area contributed by atoms with Crippen LogP contribution >= 0.6 is 7.75 Å². The normalized spacial score (nSPS) is 25.8. The van der Waals surface area contributed by atoms with E-state index in [0.29, 0.717) is 0 Å². The predicted octanol–water partition coefficient (Wildman–Crippen LogP) is 1.68. The maximum absolute atomic E-state index is 14.1. The van der Waals surface area contributed by atoms with Crippen LogP contribution < -0.4 is 15.8 Å². The van der Waals surface area contributed by atoms with Crippen molar-refractivity contribution >= 4 is 13.7 Å². The summed E-state index contributed by atoms with van der Waals surface area (Å²) >= 11 is 0. The molecule has 6 atom stereocenters. The number of aliphatic hydroxyl groups is 1. The van der Waals surface area contributed by atoms with Crippen molar-refractivity contribution in [3.8, 4) is 5.75 Å². The Morgan fingerprint density at radius 1 is 1.24 bits per heavy atom. The summed E-state index contributed by atoms with van der Waals surface area (Å²) in [6, 6.07) is 8.37. The number of esters is 1. The number of carbonyl (C=O) groups is 1. The van der Waals surface area contributed by atoms with Crippen LogP contribution in [0.4, 0.5) is 0 Å². The van der Waals surface area contributed by atoms with E-state index in [1.807, 2.05) is 0 Å². The molecule has 3 rings (SSSR count). The molecule has 0 amide bonds. The zero-order chi connectivity index (χ0) is 28.3. The monoisotopic (exact) mass is 555 g/mol. The molecule has 1 aromatic carbocycles. The first-order chi connectivity index (χ1) is 17.8. The maximum Gasteiger partial charge on any atom is 0.461 e. The van der Waals surface area contributed by atoms with Gasteiger partial charge in [-0.3, -0.25) is 23.7 Å². The number of aromatic amines is 1. The fourth-order valence-electron chi connectivity index (χ4n) is 4.03. The summed E-state index contributed by atoms with van der Waals surface area (Å²) in [4.78, 5) is 38.5. The van der Waals surface area contributed by atoms with Gasteiger partial charge in [0.25, 0.3) is 5.56 Å². The number of likely N-dealkylation sites (N-methyl/N-ethyl adjacent to an activating group) is 1. The van der Waals surface area contributed by atoms with E-state index in [2.05, 4.69) is 4.98 Å². The van der Waals surface area contributed by atoms with Gasteiger partial charge in [-0.1, -0.05) is 18.2 Å². The molecule has 0 aliphatic carbocycles. The van der Waals surface area contributed by atoms with Gasteiger partial charge in [0.05, 0.1) is 12.7 Å². The van der Waals surface area contributed by atoms with Crippen LogP contribution in [-0.4, -0.2) is 76.0 Å². The molecule has 0 radical (unpaired) electrons. The summed E-state index contributed by atoms with van der Waals surface area (Å²) in [7, 11) is -1.49. The number of hydrogen-bond acceptors (Lipinski definition) is 10. The van der Waals surface area contributed by atoms with Gasteiger partial charge in [-0.25, -0.2) is 9.36 Å². The molecule has 2 aromatic rings. The molecule has 38 heavy (non-hydrogen) atoms. The number of benzene rings is 1. The number of nitrogens with one attached hydrogen (secondary N) is 1. The number of nitrogens with zero attached hydrogens (tertiary/aromatic N) is 2. The summed E-state index contributed by atoms with van der Waals surface area (Å²) in [5, 5.41) is 11.2. The van der Waals surface area contributed by atoms with Crippen molar-refractivity contribution < 1.29 is 37.7 Å². The summed E-state index contributed by atoms with van der Waals surface area (Å²) in [6.45, 7) is 5.88. The minimum atomic E-state index is -4.23. The van der Waals surface area contributed by atoms with Gasteiger partial charge < -0.3 is 23.8 Å². The molecule has 210 valence electrons. The van der Waals surface area contributed by atoms with Gasteiger partial charge in [0.1, 0.15) is 29.6 Å². The third-order valence-corrected chi connectivity index (χ3v) is 8.12. The Labute approximate surface area is 219 Å². The third kappa shape index (κ3) is 6.42. The molecule has 0 bridgehead atoms. The standard InChI is InChI=1S/C24H34N3O10P/c1-15(2)35-21(29)16(3)26(5)38(32,37-17-10-8-7-9-11-17)34-14-18-20(33-6)24(4,31)22(36-18)27-13-12-19(28)25-23(27)30/h7-13,15-16,18,20,22,31H,14H2,1-6H3,(H,25,28,30)/t16-,18+,20+,22+,24-,38-/m0/s1.